The largest absolute Gasteiger partial charge is 0.488 e. The lowest BCUT2D eigenvalue weighted by Gasteiger charge is -2.30. The van der Waals surface area contributed by atoms with E-state index >= 15 is 0 Å². The van der Waals surface area contributed by atoms with Gasteiger partial charge in [0, 0.05) is 29.0 Å². The van der Waals surface area contributed by atoms with Crippen LogP contribution in [-0.2, 0) is 9.47 Å². The second-order valence-electron chi connectivity index (χ2n) is 10.9. The van der Waals surface area contributed by atoms with Crippen LogP contribution in [-0.4, -0.2) is 30.9 Å². The Morgan fingerprint density at radius 1 is 0.976 bits per heavy atom. The standard InChI is InChI=1S/C32H28O9/c1-18(2)8-12-36-29-21-7-11-32(39-24(21)16-23-22(29)10-14-34-23)40-25(31(3,4)41-32)17-37-30-27-20(9-13-35-27)15-19-5-6-26(33)38-28(19)30/h5-11,13-16,25H,12,17H2,1-4H3. The Balaban J connectivity index is 1.18. The smallest absolute Gasteiger partial charge is 0.350 e. The number of ether oxygens (including phenoxy) is 5. The summed E-state index contributed by atoms with van der Waals surface area (Å²) in [7, 11) is 0. The van der Waals surface area contributed by atoms with E-state index in [0.717, 1.165) is 27.3 Å². The van der Waals surface area contributed by atoms with E-state index in [1.165, 1.54) is 6.07 Å². The lowest BCUT2D eigenvalue weighted by molar-refractivity contribution is -0.271. The molecule has 0 saturated carbocycles. The molecule has 7 rings (SSSR count). The minimum Gasteiger partial charge on any atom is -0.488 e. The Labute approximate surface area is 234 Å². The van der Waals surface area contributed by atoms with Gasteiger partial charge < -0.3 is 36.9 Å². The van der Waals surface area contributed by atoms with Gasteiger partial charge in [0.1, 0.15) is 36.4 Å². The molecule has 3 aromatic heterocycles. The number of furan rings is 2. The number of fused-ring (bicyclic) bond motifs is 4. The molecule has 9 nitrogen and oxygen atoms in total. The Morgan fingerprint density at radius 2 is 1.80 bits per heavy atom. The first-order valence-corrected chi connectivity index (χ1v) is 13.3. The van der Waals surface area contributed by atoms with Crippen molar-refractivity contribution >= 4 is 39.0 Å². The van der Waals surface area contributed by atoms with Gasteiger partial charge in [0.25, 0.3) is 0 Å². The van der Waals surface area contributed by atoms with Gasteiger partial charge in [-0.05, 0) is 64.1 Å². The number of allylic oxidation sites excluding steroid dienone is 1. The van der Waals surface area contributed by atoms with Gasteiger partial charge in [-0.3, -0.25) is 0 Å². The van der Waals surface area contributed by atoms with E-state index < -0.39 is 23.3 Å². The van der Waals surface area contributed by atoms with Crippen LogP contribution in [0.5, 0.6) is 17.2 Å². The first-order chi connectivity index (χ1) is 19.7. The minimum absolute atomic E-state index is 0.0700. The van der Waals surface area contributed by atoms with E-state index in [1.807, 2.05) is 58.0 Å². The number of benzene rings is 2. The molecule has 0 amide bonds. The SMILES string of the molecule is CC(C)=CCOc1c2c(cc3occc13)OC1(C=C2)OC(COc2c3occc3cc3ccc(=O)oc23)C(C)(C)O1. The van der Waals surface area contributed by atoms with Gasteiger partial charge in [-0.2, -0.15) is 0 Å². The molecule has 41 heavy (non-hydrogen) atoms. The maximum atomic E-state index is 12.0. The molecule has 0 bridgehead atoms. The van der Waals surface area contributed by atoms with Crippen LogP contribution in [0.2, 0.25) is 0 Å². The van der Waals surface area contributed by atoms with Crippen LogP contribution in [0, 0.1) is 0 Å². The van der Waals surface area contributed by atoms with E-state index in [9.17, 15) is 4.79 Å². The van der Waals surface area contributed by atoms with Crippen molar-refractivity contribution in [2.45, 2.75) is 45.4 Å². The second kappa shape index (κ2) is 9.29. The molecular formula is C32H28O9. The molecule has 2 atom stereocenters. The molecular weight excluding hydrogens is 528 g/mol. The lowest BCUT2D eigenvalue weighted by Crippen LogP contribution is -2.39. The van der Waals surface area contributed by atoms with Gasteiger partial charge in [-0.1, -0.05) is 5.57 Å². The molecule has 2 aliphatic rings. The maximum absolute atomic E-state index is 12.0. The van der Waals surface area contributed by atoms with Gasteiger partial charge >= 0.3 is 11.6 Å². The van der Waals surface area contributed by atoms with Crippen molar-refractivity contribution in [2.75, 3.05) is 13.2 Å². The van der Waals surface area contributed by atoms with Crippen LogP contribution in [0.4, 0.5) is 0 Å². The first-order valence-electron chi connectivity index (χ1n) is 13.3. The summed E-state index contributed by atoms with van der Waals surface area (Å²) in [6.07, 6.45) is 8.24. The Hall–Kier alpha value is -4.47. The highest BCUT2D eigenvalue weighted by Crippen LogP contribution is 2.47. The molecule has 5 heterocycles. The van der Waals surface area contributed by atoms with Gasteiger partial charge in [0.2, 0.25) is 5.75 Å². The average molecular weight is 557 g/mol. The third-order valence-electron chi connectivity index (χ3n) is 7.29. The van der Waals surface area contributed by atoms with Crippen LogP contribution in [0.1, 0.15) is 33.3 Å². The van der Waals surface area contributed by atoms with Gasteiger partial charge in [-0.25, -0.2) is 4.79 Å². The normalized spacial score (nSPS) is 20.9. The zero-order chi connectivity index (χ0) is 28.4. The van der Waals surface area contributed by atoms with E-state index in [4.69, 9.17) is 36.9 Å². The molecule has 9 heteroatoms. The first kappa shape index (κ1) is 25.5. The van der Waals surface area contributed by atoms with Gasteiger partial charge in [0.05, 0.1) is 29.1 Å². The molecule has 210 valence electrons. The number of hydrogen-bond donors (Lipinski definition) is 0. The Kier molecular flexibility index (Phi) is 5.78. The molecule has 1 fully saturated rings. The fraction of sp³-hybridized carbons (Fsp3) is 0.281. The molecule has 0 radical (unpaired) electrons. The Morgan fingerprint density at radius 3 is 2.66 bits per heavy atom. The van der Waals surface area contributed by atoms with E-state index in [2.05, 4.69) is 0 Å². The average Bonchev–Trinajstić information content (AvgIpc) is 3.63. The summed E-state index contributed by atoms with van der Waals surface area (Å²) in [6.45, 7) is 8.33. The molecule has 1 spiro atoms. The number of hydrogen-bond acceptors (Lipinski definition) is 9. The third-order valence-corrected chi connectivity index (χ3v) is 7.29. The zero-order valence-corrected chi connectivity index (χ0v) is 23.0. The summed E-state index contributed by atoms with van der Waals surface area (Å²) in [4.78, 5) is 12.0. The van der Waals surface area contributed by atoms with Crippen LogP contribution in [0.25, 0.3) is 39.0 Å². The summed E-state index contributed by atoms with van der Waals surface area (Å²) >= 11 is 0. The molecule has 2 aliphatic heterocycles. The predicted molar refractivity (Wildman–Crippen MR) is 151 cm³/mol. The van der Waals surface area contributed by atoms with Crippen molar-refractivity contribution in [2.24, 2.45) is 0 Å². The summed E-state index contributed by atoms with van der Waals surface area (Å²) in [5.41, 5.74) is 2.03. The van der Waals surface area contributed by atoms with Crippen LogP contribution >= 0.6 is 0 Å². The quantitative estimate of drug-likeness (QED) is 0.162. The maximum Gasteiger partial charge on any atom is 0.350 e. The fourth-order valence-corrected chi connectivity index (χ4v) is 5.18. The van der Waals surface area contributed by atoms with Crippen LogP contribution in [0.3, 0.4) is 0 Å². The van der Waals surface area contributed by atoms with E-state index in [1.54, 1.807) is 30.7 Å². The highest BCUT2D eigenvalue weighted by Gasteiger charge is 2.55. The van der Waals surface area contributed by atoms with E-state index in [-0.39, 0.29) is 6.61 Å². The third kappa shape index (κ3) is 4.38. The fourth-order valence-electron chi connectivity index (χ4n) is 5.18. The van der Waals surface area contributed by atoms with Gasteiger partial charge in [0.15, 0.2) is 11.2 Å². The van der Waals surface area contributed by atoms with Crippen molar-refractivity contribution in [3.8, 4) is 17.2 Å². The van der Waals surface area contributed by atoms with E-state index in [0.29, 0.717) is 40.6 Å². The highest BCUT2D eigenvalue weighted by molar-refractivity contribution is 6.00. The van der Waals surface area contributed by atoms with Gasteiger partial charge in [-0.15, -0.1) is 0 Å². The molecule has 0 aliphatic carbocycles. The summed E-state index contributed by atoms with van der Waals surface area (Å²) in [6, 6.07) is 10.4. The monoisotopic (exact) mass is 556 g/mol. The minimum atomic E-state index is -1.49. The molecule has 0 N–H and O–H groups in total. The Bertz CT molecular complexity index is 1910. The molecule has 5 aromatic rings. The lowest BCUT2D eigenvalue weighted by atomic mass is 10.0. The van der Waals surface area contributed by atoms with Crippen LogP contribution < -0.4 is 19.8 Å². The van der Waals surface area contributed by atoms with Crippen molar-refractivity contribution in [1.29, 1.82) is 0 Å². The van der Waals surface area contributed by atoms with Crippen molar-refractivity contribution in [1.82, 2.24) is 0 Å². The summed E-state index contributed by atoms with van der Waals surface area (Å²) < 4.78 is 48.4. The van der Waals surface area contributed by atoms with Crippen molar-refractivity contribution in [3.63, 3.8) is 0 Å². The topological polar surface area (TPSA) is 103 Å². The zero-order valence-electron chi connectivity index (χ0n) is 23.0. The molecule has 2 aromatic carbocycles. The second-order valence-corrected chi connectivity index (χ2v) is 10.9. The van der Waals surface area contributed by atoms with Crippen molar-refractivity contribution in [3.05, 3.63) is 82.6 Å². The molecule has 2 unspecified atom stereocenters. The predicted octanol–water partition coefficient (Wildman–Crippen LogP) is 6.96. The van der Waals surface area contributed by atoms with Crippen molar-refractivity contribution < 1.29 is 36.9 Å². The number of rotatable bonds is 6. The van der Waals surface area contributed by atoms with Crippen LogP contribution in [0.15, 0.2) is 84.7 Å². The molecule has 1 saturated heterocycles. The highest BCUT2D eigenvalue weighted by atomic mass is 16.9. The summed E-state index contributed by atoms with van der Waals surface area (Å²) in [5, 5.41) is 2.39. The summed E-state index contributed by atoms with van der Waals surface area (Å²) in [5.74, 6) is -0.00303.